The van der Waals surface area contributed by atoms with E-state index in [9.17, 15) is 19.5 Å². The number of hydrogen-bond acceptors (Lipinski definition) is 5. The number of hydrogen-bond donors (Lipinski definition) is 5. The van der Waals surface area contributed by atoms with Crippen molar-refractivity contribution in [1.82, 2.24) is 15.6 Å². The fraction of sp³-hybridized carbons (Fsp3) is 0.320. The van der Waals surface area contributed by atoms with Gasteiger partial charge in [0.1, 0.15) is 11.8 Å². The summed E-state index contributed by atoms with van der Waals surface area (Å²) in [4.78, 5) is 39.4. The molecule has 3 rings (SSSR count). The van der Waals surface area contributed by atoms with Gasteiger partial charge in [-0.15, -0.1) is 0 Å². The molecule has 6 N–H and O–H groups in total. The van der Waals surface area contributed by atoms with E-state index in [2.05, 4.69) is 15.6 Å². The number of para-hydroxylation sites is 1. The minimum absolute atomic E-state index is 0.245. The molecule has 3 aromatic rings. The van der Waals surface area contributed by atoms with Crippen LogP contribution in [-0.2, 0) is 16.0 Å². The van der Waals surface area contributed by atoms with Crippen molar-refractivity contribution >= 4 is 28.7 Å². The highest BCUT2D eigenvalue weighted by molar-refractivity contribution is 5.96. The van der Waals surface area contributed by atoms with Gasteiger partial charge in [0, 0.05) is 29.2 Å². The van der Waals surface area contributed by atoms with E-state index in [0.717, 1.165) is 16.5 Å². The zero-order valence-electron chi connectivity index (χ0n) is 19.0. The number of nitrogens with two attached hydrogens (primary N) is 1. The molecule has 0 unspecified atom stereocenters. The molecule has 0 aliphatic heterocycles. The lowest BCUT2D eigenvalue weighted by molar-refractivity contribution is -0.139. The van der Waals surface area contributed by atoms with Crippen molar-refractivity contribution < 1.29 is 24.2 Å². The van der Waals surface area contributed by atoms with Crippen LogP contribution in [0.1, 0.15) is 35.2 Å². The standard InChI is InChI=1S/C25H30N4O5/c1-34-18-11-9-16(10-12-18)23(30)29-22(25(32)33)8-4-5-13-27-24(31)20(26)14-17-15-28-21-7-3-2-6-19(17)21/h2-3,6-7,9-12,15,20,22,28H,4-5,8,13-14,26H2,1H3,(H,27,31)(H,29,30)(H,32,33)/t20-,22-/m0/s1. The number of benzene rings is 2. The second kappa shape index (κ2) is 11.9. The van der Waals surface area contributed by atoms with Gasteiger partial charge in [-0.2, -0.15) is 0 Å². The number of rotatable bonds is 12. The zero-order valence-corrected chi connectivity index (χ0v) is 19.0. The lowest BCUT2D eigenvalue weighted by atomic mass is 10.0. The number of carbonyl (C=O) groups excluding carboxylic acids is 2. The lowest BCUT2D eigenvalue weighted by Gasteiger charge is -2.15. The Kier molecular flexibility index (Phi) is 8.64. The number of methoxy groups -OCH3 is 1. The van der Waals surface area contributed by atoms with Gasteiger partial charge in [-0.3, -0.25) is 9.59 Å². The summed E-state index contributed by atoms with van der Waals surface area (Å²) in [6.07, 6.45) is 3.60. The predicted molar refractivity (Wildman–Crippen MR) is 129 cm³/mol. The maximum absolute atomic E-state index is 12.4. The quantitative estimate of drug-likeness (QED) is 0.259. The maximum atomic E-state index is 12.4. The van der Waals surface area contributed by atoms with Crippen molar-refractivity contribution in [2.75, 3.05) is 13.7 Å². The second-order valence-corrected chi connectivity index (χ2v) is 8.05. The van der Waals surface area contributed by atoms with Gasteiger partial charge in [0.25, 0.3) is 5.91 Å². The van der Waals surface area contributed by atoms with Crippen LogP contribution in [0, 0.1) is 0 Å². The average molecular weight is 467 g/mol. The van der Waals surface area contributed by atoms with E-state index in [1.54, 1.807) is 24.3 Å². The van der Waals surface area contributed by atoms with E-state index in [1.807, 2.05) is 30.5 Å². The Labute approximate surface area is 197 Å². The molecule has 1 aromatic heterocycles. The first-order valence-electron chi connectivity index (χ1n) is 11.1. The molecule has 0 saturated carbocycles. The van der Waals surface area contributed by atoms with Crippen LogP contribution in [0.25, 0.3) is 10.9 Å². The Morgan fingerprint density at radius 1 is 1.09 bits per heavy atom. The number of aromatic nitrogens is 1. The van der Waals surface area contributed by atoms with Crippen molar-refractivity contribution in [1.29, 1.82) is 0 Å². The predicted octanol–water partition coefficient (Wildman–Crippen LogP) is 2.22. The molecule has 9 heteroatoms. The summed E-state index contributed by atoms with van der Waals surface area (Å²) in [5, 5.41) is 15.8. The fourth-order valence-corrected chi connectivity index (χ4v) is 3.69. The van der Waals surface area contributed by atoms with Crippen molar-refractivity contribution in [3.63, 3.8) is 0 Å². The van der Waals surface area contributed by atoms with E-state index >= 15 is 0 Å². The molecule has 0 fully saturated rings. The van der Waals surface area contributed by atoms with Crippen molar-refractivity contribution in [2.45, 2.75) is 37.8 Å². The van der Waals surface area contributed by atoms with E-state index in [1.165, 1.54) is 7.11 Å². The monoisotopic (exact) mass is 466 g/mol. The average Bonchev–Trinajstić information content (AvgIpc) is 3.25. The van der Waals surface area contributed by atoms with Gasteiger partial charge in [-0.1, -0.05) is 18.2 Å². The first-order valence-corrected chi connectivity index (χ1v) is 11.1. The summed E-state index contributed by atoms with van der Waals surface area (Å²) in [5.41, 5.74) is 8.40. The maximum Gasteiger partial charge on any atom is 0.326 e. The summed E-state index contributed by atoms with van der Waals surface area (Å²) in [6.45, 7) is 0.374. The Bertz CT molecular complexity index is 1130. The Morgan fingerprint density at radius 3 is 2.53 bits per heavy atom. The molecular formula is C25H30N4O5. The summed E-state index contributed by atoms with van der Waals surface area (Å²) in [6, 6.07) is 12.5. The molecule has 2 atom stereocenters. The molecule has 2 amide bonds. The van der Waals surface area contributed by atoms with Gasteiger partial charge in [0.15, 0.2) is 0 Å². The Balaban J connectivity index is 1.39. The third kappa shape index (κ3) is 6.58. The van der Waals surface area contributed by atoms with Crippen LogP contribution in [0.15, 0.2) is 54.7 Å². The molecule has 0 aliphatic rings. The van der Waals surface area contributed by atoms with Crippen LogP contribution in [0.5, 0.6) is 5.75 Å². The van der Waals surface area contributed by atoms with Crippen LogP contribution in [0.2, 0.25) is 0 Å². The van der Waals surface area contributed by atoms with Gasteiger partial charge < -0.3 is 31.2 Å². The number of aromatic amines is 1. The first-order chi connectivity index (χ1) is 16.4. The van der Waals surface area contributed by atoms with Crippen LogP contribution in [0.3, 0.4) is 0 Å². The molecular weight excluding hydrogens is 436 g/mol. The smallest absolute Gasteiger partial charge is 0.326 e. The molecule has 34 heavy (non-hydrogen) atoms. The molecule has 2 aromatic carbocycles. The van der Waals surface area contributed by atoms with Crippen molar-refractivity contribution in [3.05, 3.63) is 65.9 Å². The van der Waals surface area contributed by atoms with Crippen molar-refractivity contribution in [3.8, 4) is 5.75 Å². The lowest BCUT2D eigenvalue weighted by Crippen LogP contribution is -2.42. The number of unbranched alkanes of at least 4 members (excludes halogenated alkanes) is 1. The summed E-state index contributed by atoms with van der Waals surface area (Å²) in [5.74, 6) is -1.22. The molecule has 0 bridgehead atoms. The highest BCUT2D eigenvalue weighted by atomic mass is 16.5. The summed E-state index contributed by atoms with van der Waals surface area (Å²) in [7, 11) is 1.52. The number of amides is 2. The summed E-state index contributed by atoms with van der Waals surface area (Å²) < 4.78 is 5.05. The van der Waals surface area contributed by atoms with E-state index in [0.29, 0.717) is 37.1 Å². The third-order valence-electron chi connectivity index (χ3n) is 5.63. The highest BCUT2D eigenvalue weighted by Crippen LogP contribution is 2.18. The van der Waals surface area contributed by atoms with E-state index < -0.39 is 24.0 Å². The Morgan fingerprint density at radius 2 is 1.82 bits per heavy atom. The molecule has 0 spiro atoms. The number of ether oxygens (including phenoxy) is 1. The first kappa shape index (κ1) is 24.8. The van der Waals surface area contributed by atoms with Gasteiger partial charge in [-0.25, -0.2) is 4.79 Å². The number of carboxylic acids is 1. The molecule has 0 aliphatic carbocycles. The van der Waals surface area contributed by atoms with Crippen LogP contribution in [-0.4, -0.2) is 53.6 Å². The normalized spacial score (nSPS) is 12.6. The van der Waals surface area contributed by atoms with E-state index in [-0.39, 0.29) is 12.3 Å². The highest BCUT2D eigenvalue weighted by Gasteiger charge is 2.21. The number of H-pyrrole nitrogens is 1. The van der Waals surface area contributed by atoms with Gasteiger partial charge in [0.05, 0.1) is 13.2 Å². The van der Waals surface area contributed by atoms with Crippen LogP contribution >= 0.6 is 0 Å². The minimum atomic E-state index is -1.10. The zero-order chi connectivity index (χ0) is 24.5. The van der Waals surface area contributed by atoms with E-state index in [4.69, 9.17) is 10.5 Å². The number of carboxylic acid groups (broad SMARTS) is 1. The van der Waals surface area contributed by atoms with Gasteiger partial charge in [0.2, 0.25) is 5.91 Å². The largest absolute Gasteiger partial charge is 0.497 e. The summed E-state index contributed by atoms with van der Waals surface area (Å²) >= 11 is 0. The molecule has 1 heterocycles. The minimum Gasteiger partial charge on any atom is -0.497 e. The number of carbonyl (C=O) groups is 3. The van der Waals surface area contributed by atoms with Gasteiger partial charge in [-0.05, 0) is 61.6 Å². The number of nitrogens with one attached hydrogen (secondary N) is 3. The van der Waals surface area contributed by atoms with Crippen LogP contribution < -0.4 is 21.1 Å². The molecule has 0 saturated heterocycles. The third-order valence-corrected chi connectivity index (χ3v) is 5.63. The molecule has 0 radical (unpaired) electrons. The van der Waals surface area contributed by atoms with Crippen molar-refractivity contribution in [2.24, 2.45) is 5.73 Å². The molecule has 180 valence electrons. The van der Waals surface area contributed by atoms with Crippen LogP contribution in [0.4, 0.5) is 0 Å². The second-order valence-electron chi connectivity index (χ2n) is 8.05. The molecule has 9 nitrogen and oxygen atoms in total. The fourth-order valence-electron chi connectivity index (χ4n) is 3.69. The Hall–Kier alpha value is -3.85. The topological polar surface area (TPSA) is 147 Å². The number of fused-ring (bicyclic) bond motifs is 1. The SMILES string of the molecule is COc1ccc(C(=O)N[C@@H](CCCCNC(=O)[C@@H](N)Cc2c[nH]c3ccccc23)C(=O)O)cc1. The van der Waals surface area contributed by atoms with Gasteiger partial charge >= 0.3 is 5.97 Å². The number of aliphatic carboxylic acids is 1.